The van der Waals surface area contributed by atoms with Crippen LogP contribution in [0.15, 0.2) is 24.3 Å². The lowest BCUT2D eigenvalue weighted by Gasteiger charge is -2.20. The summed E-state index contributed by atoms with van der Waals surface area (Å²) < 4.78 is 12.8. The van der Waals surface area contributed by atoms with Crippen LogP contribution in [0.25, 0.3) is 0 Å². The van der Waals surface area contributed by atoms with Crippen LogP contribution in [0.3, 0.4) is 0 Å². The average Bonchev–Trinajstić information content (AvgIpc) is 2.22. The maximum Gasteiger partial charge on any atom is 0.123 e. The average molecular weight is 229 g/mol. The standard InChI is InChI=1S/C13H18ClF/c1-3-5-13(14)12(4-2)10-6-8-11(15)9-7-10/h6-9,12-13H,3-5H2,1-2H3. The van der Waals surface area contributed by atoms with Crippen LogP contribution in [-0.2, 0) is 0 Å². The predicted molar refractivity (Wildman–Crippen MR) is 64.0 cm³/mol. The molecule has 84 valence electrons. The number of hydrogen-bond donors (Lipinski definition) is 0. The van der Waals surface area contributed by atoms with Crippen molar-refractivity contribution in [3.05, 3.63) is 35.6 Å². The van der Waals surface area contributed by atoms with E-state index in [1.54, 1.807) is 0 Å². The first-order chi connectivity index (χ1) is 7.19. The fourth-order valence-corrected chi connectivity index (χ4v) is 2.43. The summed E-state index contributed by atoms with van der Waals surface area (Å²) in [6, 6.07) is 6.70. The largest absolute Gasteiger partial charge is 0.207 e. The summed E-state index contributed by atoms with van der Waals surface area (Å²) in [5.41, 5.74) is 1.15. The Labute approximate surface area is 96.5 Å². The molecule has 2 heteroatoms. The Morgan fingerprint density at radius 3 is 2.27 bits per heavy atom. The van der Waals surface area contributed by atoms with Gasteiger partial charge in [-0.3, -0.25) is 0 Å². The van der Waals surface area contributed by atoms with Crippen LogP contribution in [0.5, 0.6) is 0 Å². The molecular formula is C13H18ClF. The Bertz CT molecular complexity index is 281. The quantitative estimate of drug-likeness (QED) is 0.640. The van der Waals surface area contributed by atoms with Gasteiger partial charge in [-0.05, 0) is 36.5 Å². The summed E-state index contributed by atoms with van der Waals surface area (Å²) in [5, 5.41) is 0.158. The van der Waals surface area contributed by atoms with Gasteiger partial charge in [0, 0.05) is 5.38 Å². The summed E-state index contributed by atoms with van der Waals surface area (Å²) in [4.78, 5) is 0. The van der Waals surface area contributed by atoms with Gasteiger partial charge in [0.05, 0.1) is 0 Å². The third-order valence-corrected chi connectivity index (χ3v) is 3.26. The molecule has 0 radical (unpaired) electrons. The molecule has 0 bridgehead atoms. The molecule has 0 aliphatic carbocycles. The van der Waals surface area contributed by atoms with Crippen LogP contribution in [0.2, 0.25) is 0 Å². The first kappa shape index (κ1) is 12.5. The number of alkyl halides is 1. The van der Waals surface area contributed by atoms with Crippen LogP contribution in [0.1, 0.15) is 44.6 Å². The second kappa shape index (κ2) is 6.12. The number of hydrogen-bond acceptors (Lipinski definition) is 0. The summed E-state index contributed by atoms with van der Waals surface area (Å²) >= 11 is 6.33. The molecule has 0 aliphatic rings. The molecule has 0 fully saturated rings. The Kier molecular flexibility index (Phi) is 5.10. The van der Waals surface area contributed by atoms with Crippen LogP contribution >= 0.6 is 11.6 Å². The molecule has 0 N–H and O–H groups in total. The van der Waals surface area contributed by atoms with Gasteiger partial charge >= 0.3 is 0 Å². The minimum atomic E-state index is -0.185. The number of benzene rings is 1. The minimum Gasteiger partial charge on any atom is -0.207 e. The first-order valence-corrected chi connectivity index (χ1v) is 6.02. The molecule has 1 aromatic rings. The van der Waals surface area contributed by atoms with Gasteiger partial charge in [0.25, 0.3) is 0 Å². The third-order valence-electron chi connectivity index (χ3n) is 2.74. The van der Waals surface area contributed by atoms with Gasteiger partial charge in [0.1, 0.15) is 5.82 Å². The van der Waals surface area contributed by atoms with E-state index in [1.165, 1.54) is 12.1 Å². The van der Waals surface area contributed by atoms with E-state index < -0.39 is 0 Å². The van der Waals surface area contributed by atoms with Crippen LogP contribution in [0, 0.1) is 5.82 Å². The molecule has 1 rings (SSSR count). The fourth-order valence-electron chi connectivity index (χ4n) is 1.89. The monoisotopic (exact) mass is 228 g/mol. The Morgan fingerprint density at radius 2 is 1.80 bits per heavy atom. The third kappa shape index (κ3) is 3.49. The van der Waals surface area contributed by atoms with Crippen LogP contribution in [0.4, 0.5) is 4.39 Å². The summed E-state index contributed by atoms with van der Waals surface area (Å²) in [5.74, 6) is 0.155. The van der Waals surface area contributed by atoms with Crippen molar-refractivity contribution in [2.45, 2.75) is 44.4 Å². The van der Waals surface area contributed by atoms with E-state index in [2.05, 4.69) is 13.8 Å². The topological polar surface area (TPSA) is 0 Å². The van der Waals surface area contributed by atoms with Crippen molar-refractivity contribution in [3.8, 4) is 0 Å². The van der Waals surface area contributed by atoms with E-state index in [1.807, 2.05) is 12.1 Å². The van der Waals surface area contributed by atoms with Crippen molar-refractivity contribution in [1.82, 2.24) is 0 Å². The lowest BCUT2D eigenvalue weighted by Crippen LogP contribution is -2.12. The van der Waals surface area contributed by atoms with E-state index in [0.29, 0.717) is 5.92 Å². The number of rotatable bonds is 5. The second-order valence-corrected chi connectivity index (χ2v) is 4.43. The molecule has 0 saturated carbocycles. The summed E-state index contributed by atoms with van der Waals surface area (Å²) in [6.07, 6.45) is 3.10. The van der Waals surface area contributed by atoms with Gasteiger partial charge in [0.15, 0.2) is 0 Å². The molecule has 0 saturated heterocycles. The predicted octanol–water partition coefficient (Wildman–Crippen LogP) is 4.73. The van der Waals surface area contributed by atoms with Gasteiger partial charge in [-0.25, -0.2) is 4.39 Å². The fraction of sp³-hybridized carbons (Fsp3) is 0.538. The molecule has 2 unspecified atom stereocenters. The van der Waals surface area contributed by atoms with Crippen molar-refractivity contribution in [2.24, 2.45) is 0 Å². The molecular weight excluding hydrogens is 211 g/mol. The Balaban J connectivity index is 2.77. The summed E-state index contributed by atoms with van der Waals surface area (Å²) in [7, 11) is 0. The van der Waals surface area contributed by atoms with Gasteiger partial charge in [-0.15, -0.1) is 11.6 Å². The van der Waals surface area contributed by atoms with Gasteiger partial charge in [0.2, 0.25) is 0 Å². The normalized spacial score (nSPS) is 14.9. The molecule has 0 aliphatic heterocycles. The molecule has 0 aromatic heterocycles. The first-order valence-electron chi connectivity index (χ1n) is 5.58. The van der Waals surface area contributed by atoms with Crippen molar-refractivity contribution in [3.63, 3.8) is 0 Å². The van der Waals surface area contributed by atoms with Gasteiger partial charge in [-0.1, -0.05) is 32.4 Å². The van der Waals surface area contributed by atoms with Gasteiger partial charge < -0.3 is 0 Å². The van der Waals surface area contributed by atoms with E-state index in [4.69, 9.17) is 11.6 Å². The highest BCUT2D eigenvalue weighted by atomic mass is 35.5. The van der Waals surface area contributed by atoms with Crippen molar-refractivity contribution >= 4 is 11.6 Å². The Morgan fingerprint density at radius 1 is 1.20 bits per heavy atom. The highest BCUT2D eigenvalue weighted by Gasteiger charge is 2.18. The molecule has 1 aromatic carbocycles. The van der Waals surface area contributed by atoms with Crippen LogP contribution < -0.4 is 0 Å². The Hall–Kier alpha value is -0.560. The molecule has 0 spiro atoms. The van der Waals surface area contributed by atoms with Crippen LogP contribution in [-0.4, -0.2) is 5.38 Å². The number of halogens is 2. The lowest BCUT2D eigenvalue weighted by molar-refractivity contribution is 0.574. The highest BCUT2D eigenvalue weighted by Crippen LogP contribution is 2.29. The smallest absolute Gasteiger partial charge is 0.123 e. The zero-order valence-corrected chi connectivity index (χ0v) is 10.1. The maximum atomic E-state index is 12.8. The van der Waals surface area contributed by atoms with Crippen molar-refractivity contribution in [2.75, 3.05) is 0 Å². The van der Waals surface area contributed by atoms with E-state index >= 15 is 0 Å². The molecule has 0 amide bonds. The minimum absolute atomic E-state index is 0.158. The SMILES string of the molecule is CCCC(Cl)C(CC)c1ccc(F)cc1. The second-order valence-electron chi connectivity index (χ2n) is 3.87. The lowest BCUT2D eigenvalue weighted by atomic mass is 9.91. The van der Waals surface area contributed by atoms with E-state index in [-0.39, 0.29) is 11.2 Å². The molecule has 15 heavy (non-hydrogen) atoms. The van der Waals surface area contributed by atoms with Crippen molar-refractivity contribution < 1.29 is 4.39 Å². The molecule has 0 nitrogen and oxygen atoms in total. The van der Waals surface area contributed by atoms with E-state index in [9.17, 15) is 4.39 Å². The summed E-state index contributed by atoms with van der Waals surface area (Å²) in [6.45, 7) is 4.26. The molecule has 2 atom stereocenters. The van der Waals surface area contributed by atoms with Crippen molar-refractivity contribution in [1.29, 1.82) is 0 Å². The molecule has 0 heterocycles. The van der Waals surface area contributed by atoms with Gasteiger partial charge in [-0.2, -0.15) is 0 Å². The zero-order chi connectivity index (χ0) is 11.3. The highest BCUT2D eigenvalue weighted by molar-refractivity contribution is 6.21. The zero-order valence-electron chi connectivity index (χ0n) is 9.34. The maximum absolute atomic E-state index is 12.8. The van der Waals surface area contributed by atoms with E-state index in [0.717, 1.165) is 24.8 Å².